The second-order valence-electron chi connectivity index (χ2n) is 8.18. The van der Waals surface area contributed by atoms with Crippen molar-refractivity contribution < 1.29 is 4.79 Å². The van der Waals surface area contributed by atoms with Crippen molar-refractivity contribution in [2.24, 2.45) is 0 Å². The highest BCUT2D eigenvalue weighted by atomic mass is 32.1. The maximum Gasteiger partial charge on any atom is 0.227 e. The number of fused-ring (bicyclic) bond motifs is 3. The Kier molecular flexibility index (Phi) is 5.37. The highest BCUT2D eigenvalue weighted by Crippen LogP contribution is 2.39. The number of thiazole rings is 1. The van der Waals surface area contributed by atoms with Gasteiger partial charge in [0, 0.05) is 45.3 Å². The highest BCUT2D eigenvalue weighted by molar-refractivity contribution is 7.19. The minimum absolute atomic E-state index is 0.0410. The second-order valence-corrected chi connectivity index (χ2v) is 9.21. The molecule has 1 aromatic heterocycles. The average molecular weight is 419 g/mol. The van der Waals surface area contributed by atoms with E-state index in [1.165, 1.54) is 22.3 Å². The molecule has 154 valence electrons. The molecule has 1 aliphatic heterocycles. The number of rotatable bonds is 5. The molecule has 1 saturated heterocycles. The lowest BCUT2D eigenvalue weighted by atomic mass is 10.0. The van der Waals surface area contributed by atoms with Crippen LogP contribution in [0.3, 0.4) is 0 Å². The van der Waals surface area contributed by atoms with Crippen molar-refractivity contribution >= 4 is 22.4 Å². The van der Waals surface area contributed by atoms with Crippen molar-refractivity contribution in [3.05, 3.63) is 59.8 Å². The van der Waals surface area contributed by atoms with E-state index in [1.54, 1.807) is 11.3 Å². The van der Waals surface area contributed by atoms with Crippen LogP contribution in [-0.2, 0) is 11.2 Å². The molecule has 0 radical (unpaired) electrons. The van der Waals surface area contributed by atoms with Gasteiger partial charge in [-0.2, -0.15) is 0 Å². The predicted octanol–water partition coefficient (Wildman–Crippen LogP) is 3.96. The SMILES string of the molecule is CN1CCN(CCC(=O)Nc2ncc(-c3ccc4c(c3)Cc3ccccc3-4)s2)CC1. The highest BCUT2D eigenvalue weighted by Gasteiger charge is 2.19. The number of anilines is 1. The summed E-state index contributed by atoms with van der Waals surface area (Å²) in [5, 5.41) is 3.66. The van der Waals surface area contributed by atoms with E-state index in [0.717, 1.165) is 49.6 Å². The van der Waals surface area contributed by atoms with Crippen LogP contribution in [0.5, 0.6) is 0 Å². The number of likely N-dealkylation sites (N-methyl/N-ethyl adjacent to an activating group) is 1. The molecule has 3 aromatic rings. The van der Waals surface area contributed by atoms with Crippen molar-refractivity contribution in [3.63, 3.8) is 0 Å². The molecular formula is C24H26N4OS. The van der Waals surface area contributed by atoms with Crippen LogP contribution < -0.4 is 5.32 Å². The van der Waals surface area contributed by atoms with Gasteiger partial charge < -0.3 is 15.1 Å². The number of aromatic nitrogens is 1. The summed E-state index contributed by atoms with van der Waals surface area (Å²) >= 11 is 1.54. The Bertz CT molecular complexity index is 1070. The molecule has 1 fully saturated rings. The zero-order valence-electron chi connectivity index (χ0n) is 17.2. The summed E-state index contributed by atoms with van der Waals surface area (Å²) in [6.07, 6.45) is 3.36. The van der Waals surface area contributed by atoms with E-state index >= 15 is 0 Å². The minimum atomic E-state index is 0.0410. The molecule has 2 aliphatic rings. The first kappa shape index (κ1) is 19.4. The lowest BCUT2D eigenvalue weighted by molar-refractivity contribution is -0.116. The smallest absolute Gasteiger partial charge is 0.227 e. The molecule has 5 nitrogen and oxygen atoms in total. The summed E-state index contributed by atoms with van der Waals surface area (Å²) in [6, 6.07) is 15.2. The van der Waals surface area contributed by atoms with Gasteiger partial charge in [-0.25, -0.2) is 4.98 Å². The molecular weight excluding hydrogens is 392 g/mol. The fraction of sp³-hybridized carbons (Fsp3) is 0.333. The van der Waals surface area contributed by atoms with Crippen molar-refractivity contribution in [2.45, 2.75) is 12.8 Å². The topological polar surface area (TPSA) is 48.5 Å². The fourth-order valence-electron chi connectivity index (χ4n) is 4.28. The van der Waals surface area contributed by atoms with Crippen LogP contribution in [0.1, 0.15) is 17.5 Å². The van der Waals surface area contributed by atoms with Crippen molar-refractivity contribution in [2.75, 3.05) is 45.1 Å². The molecule has 1 N–H and O–H groups in total. The molecule has 2 aromatic carbocycles. The molecule has 1 aliphatic carbocycles. The number of carbonyl (C=O) groups excluding carboxylic acids is 1. The summed E-state index contributed by atoms with van der Waals surface area (Å²) in [5.74, 6) is 0.0410. The molecule has 5 rings (SSSR count). The number of hydrogen-bond acceptors (Lipinski definition) is 5. The zero-order valence-corrected chi connectivity index (χ0v) is 18.0. The Morgan fingerprint density at radius 1 is 1.07 bits per heavy atom. The molecule has 2 heterocycles. The standard InChI is InChI=1S/C24H26N4OS/c1-27-10-12-28(13-11-27)9-8-23(29)26-24-25-16-22(30-24)18-6-7-21-19(15-18)14-17-4-2-3-5-20(17)21/h2-7,15-16H,8-14H2,1H3,(H,25,26,29). The Morgan fingerprint density at radius 3 is 2.73 bits per heavy atom. The maximum absolute atomic E-state index is 12.4. The molecule has 0 saturated carbocycles. The Balaban J connectivity index is 1.21. The van der Waals surface area contributed by atoms with Crippen LogP contribution in [-0.4, -0.2) is 60.5 Å². The van der Waals surface area contributed by atoms with Gasteiger partial charge in [0.25, 0.3) is 0 Å². The number of hydrogen-bond donors (Lipinski definition) is 1. The first-order chi connectivity index (χ1) is 14.7. The van der Waals surface area contributed by atoms with Gasteiger partial charge in [0.2, 0.25) is 5.91 Å². The van der Waals surface area contributed by atoms with Crippen LogP contribution in [0.25, 0.3) is 21.6 Å². The van der Waals surface area contributed by atoms with E-state index in [9.17, 15) is 4.79 Å². The molecule has 0 atom stereocenters. The van der Waals surface area contributed by atoms with Gasteiger partial charge in [-0.1, -0.05) is 47.7 Å². The lowest BCUT2D eigenvalue weighted by Crippen LogP contribution is -2.45. The normalized spacial score (nSPS) is 16.3. The summed E-state index contributed by atoms with van der Waals surface area (Å²) in [7, 11) is 2.14. The molecule has 1 amide bonds. The third-order valence-electron chi connectivity index (χ3n) is 6.08. The molecule has 0 unspecified atom stereocenters. The Labute approximate surface area is 181 Å². The van der Waals surface area contributed by atoms with Crippen molar-refractivity contribution in [1.82, 2.24) is 14.8 Å². The summed E-state index contributed by atoms with van der Waals surface area (Å²) in [5.41, 5.74) is 6.59. The van der Waals surface area contributed by atoms with E-state index in [4.69, 9.17) is 0 Å². The summed E-state index contributed by atoms with van der Waals surface area (Å²) in [6.45, 7) is 5.02. The monoisotopic (exact) mass is 418 g/mol. The van der Waals surface area contributed by atoms with Crippen LogP contribution in [0.15, 0.2) is 48.7 Å². The third-order valence-corrected chi connectivity index (χ3v) is 7.04. The van der Waals surface area contributed by atoms with Crippen LogP contribution in [0, 0.1) is 0 Å². The minimum Gasteiger partial charge on any atom is -0.304 e. The second kappa shape index (κ2) is 8.30. The first-order valence-electron chi connectivity index (χ1n) is 10.5. The molecule has 0 spiro atoms. The average Bonchev–Trinajstić information content (AvgIpc) is 3.37. The Morgan fingerprint density at radius 2 is 1.87 bits per heavy atom. The van der Waals surface area contributed by atoms with Gasteiger partial charge in [0.15, 0.2) is 5.13 Å². The van der Waals surface area contributed by atoms with Crippen molar-refractivity contribution in [1.29, 1.82) is 0 Å². The van der Waals surface area contributed by atoms with E-state index in [-0.39, 0.29) is 5.91 Å². The summed E-state index contributed by atoms with van der Waals surface area (Å²) < 4.78 is 0. The number of nitrogens with one attached hydrogen (secondary N) is 1. The van der Waals surface area contributed by atoms with Gasteiger partial charge in [0.1, 0.15) is 0 Å². The van der Waals surface area contributed by atoms with E-state index in [2.05, 4.69) is 69.6 Å². The predicted molar refractivity (Wildman–Crippen MR) is 123 cm³/mol. The zero-order chi connectivity index (χ0) is 20.5. The van der Waals surface area contributed by atoms with Gasteiger partial charge >= 0.3 is 0 Å². The number of amides is 1. The number of carbonyl (C=O) groups is 1. The number of piperazine rings is 1. The molecule has 30 heavy (non-hydrogen) atoms. The van der Waals surface area contributed by atoms with E-state index in [1.807, 2.05) is 6.20 Å². The van der Waals surface area contributed by atoms with Gasteiger partial charge in [-0.3, -0.25) is 4.79 Å². The van der Waals surface area contributed by atoms with E-state index < -0.39 is 0 Å². The van der Waals surface area contributed by atoms with E-state index in [0.29, 0.717) is 11.6 Å². The largest absolute Gasteiger partial charge is 0.304 e. The Hall–Kier alpha value is -2.54. The van der Waals surface area contributed by atoms with Gasteiger partial charge in [-0.15, -0.1) is 0 Å². The molecule has 6 heteroatoms. The third kappa shape index (κ3) is 4.03. The van der Waals surface area contributed by atoms with Crippen molar-refractivity contribution in [3.8, 4) is 21.6 Å². The quantitative estimate of drug-likeness (QED) is 0.533. The fourth-order valence-corrected chi connectivity index (χ4v) is 5.11. The summed E-state index contributed by atoms with van der Waals surface area (Å²) in [4.78, 5) is 22.6. The van der Waals surface area contributed by atoms with Crippen LogP contribution in [0.2, 0.25) is 0 Å². The molecule has 0 bridgehead atoms. The number of benzene rings is 2. The maximum atomic E-state index is 12.4. The van der Waals surface area contributed by atoms with Crippen LogP contribution >= 0.6 is 11.3 Å². The van der Waals surface area contributed by atoms with Crippen LogP contribution in [0.4, 0.5) is 5.13 Å². The first-order valence-corrected chi connectivity index (χ1v) is 11.4. The lowest BCUT2D eigenvalue weighted by Gasteiger charge is -2.32. The van der Waals surface area contributed by atoms with Gasteiger partial charge in [-0.05, 0) is 47.4 Å². The number of nitrogens with zero attached hydrogens (tertiary/aromatic N) is 3. The van der Waals surface area contributed by atoms with Gasteiger partial charge in [0.05, 0.1) is 4.88 Å².